The molecule has 1 saturated carbocycles. The molecule has 3 N–H and O–H groups in total. The van der Waals surface area contributed by atoms with Crippen molar-refractivity contribution in [2.24, 2.45) is 5.73 Å². The van der Waals surface area contributed by atoms with Crippen LogP contribution in [0, 0.1) is 17.7 Å². The number of hydrogen-bond donors (Lipinski definition) is 2. The van der Waals surface area contributed by atoms with Gasteiger partial charge in [0, 0.05) is 0 Å². The first kappa shape index (κ1) is 28.2. The van der Waals surface area contributed by atoms with E-state index in [-0.39, 0.29) is 43.8 Å². The van der Waals surface area contributed by atoms with E-state index in [1.54, 1.807) is 13.8 Å². The predicted octanol–water partition coefficient (Wildman–Crippen LogP) is 5.82. The Balaban J connectivity index is 1.51. The largest absolute Gasteiger partial charge is 0.416 e. The number of amides is 1. The third kappa shape index (κ3) is 6.58. The average molecular weight is 587 g/mol. The van der Waals surface area contributed by atoms with E-state index >= 15 is 0 Å². The van der Waals surface area contributed by atoms with Crippen LogP contribution in [-0.2, 0) is 11.0 Å². The summed E-state index contributed by atoms with van der Waals surface area (Å²) < 4.78 is 56.3. The minimum atomic E-state index is -4.60. The molecule has 14 heteroatoms. The molecule has 2 aromatic carbocycles. The summed E-state index contributed by atoms with van der Waals surface area (Å²) in [7, 11) is 0. The molecule has 1 amide bonds. The van der Waals surface area contributed by atoms with E-state index in [0.29, 0.717) is 5.56 Å². The summed E-state index contributed by atoms with van der Waals surface area (Å²) in [5.41, 5.74) is 4.44. The number of nitrogens with one attached hydrogen (secondary N) is 1. The van der Waals surface area contributed by atoms with E-state index in [1.165, 1.54) is 12.1 Å². The number of nitrogens with zero attached hydrogens (tertiary/aromatic N) is 4. The van der Waals surface area contributed by atoms with Crippen LogP contribution in [0.15, 0.2) is 29.4 Å². The summed E-state index contributed by atoms with van der Waals surface area (Å²) in [5.74, 6) is 3.59. The van der Waals surface area contributed by atoms with Crippen LogP contribution in [0.25, 0.3) is 5.69 Å². The van der Waals surface area contributed by atoms with E-state index in [4.69, 9.17) is 28.9 Å². The zero-order valence-corrected chi connectivity index (χ0v) is 22.3. The number of benzene rings is 2. The number of halogens is 6. The van der Waals surface area contributed by atoms with Gasteiger partial charge in [0.15, 0.2) is 5.82 Å². The summed E-state index contributed by atoms with van der Waals surface area (Å²) in [5, 5.41) is 13.4. The Morgan fingerprint density at radius 1 is 1.24 bits per heavy atom. The molecule has 0 radical (unpaired) electrons. The first-order chi connectivity index (χ1) is 17.7. The van der Waals surface area contributed by atoms with Crippen molar-refractivity contribution < 1.29 is 22.4 Å². The minimum absolute atomic E-state index is 0.0157. The number of aromatic nitrogens is 4. The number of hydrogen-bond acceptors (Lipinski definition) is 6. The van der Waals surface area contributed by atoms with Gasteiger partial charge in [-0.05, 0) is 72.9 Å². The Labute approximate surface area is 229 Å². The molecular formula is C24H20Cl2F4N6OS. The molecule has 7 nitrogen and oxygen atoms in total. The lowest BCUT2D eigenvalue weighted by molar-refractivity contribution is -0.137. The maximum absolute atomic E-state index is 14.6. The highest BCUT2D eigenvalue weighted by molar-refractivity contribution is 7.99. The van der Waals surface area contributed by atoms with E-state index in [2.05, 4.69) is 32.7 Å². The standard InChI is InChI=1S/C24H20Cl2F4N6OS/c1-23(2,31)8-7-13-5-6-16(20(26)21(13)27)32-18(37)11-38-22-33-34-35-36(22)17-10-14(24(28,29)30)9-15(19(17)25)12-3-4-12/h5-6,9-10,12H,3-4,11,31H2,1-2H3,(H,32,37). The summed E-state index contributed by atoms with van der Waals surface area (Å²) in [6, 6.07) is 4.67. The zero-order chi connectivity index (χ0) is 27.8. The molecule has 0 spiro atoms. The van der Waals surface area contributed by atoms with Gasteiger partial charge in [-0.2, -0.15) is 17.9 Å². The number of carbonyl (C=O) groups is 1. The highest BCUT2D eigenvalue weighted by Crippen LogP contribution is 2.47. The number of tetrazole rings is 1. The van der Waals surface area contributed by atoms with E-state index in [1.807, 2.05) is 0 Å². The second kappa shape index (κ2) is 10.7. The summed E-state index contributed by atoms with van der Waals surface area (Å²) >= 11 is 13.4. The molecule has 0 aliphatic heterocycles. The molecule has 200 valence electrons. The van der Waals surface area contributed by atoms with Gasteiger partial charge in [0.05, 0.1) is 38.8 Å². The monoisotopic (exact) mass is 586 g/mol. The van der Waals surface area contributed by atoms with Gasteiger partial charge in [-0.1, -0.05) is 46.8 Å². The fourth-order valence-electron chi connectivity index (χ4n) is 3.35. The lowest BCUT2D eigenvalue weighted by Crippen LogP contribution is -2.29. The fourth-order valence-corrected chi connectivity index (χ4v) is 4.59. The van der Waals surface area contributed by atoms with Gasteiger partial charge in [-0.3, -0.25) is 4.79 Å². The molecule has 0 bridgehead atoms. The second-order valence-electron chi connectivity index (χ2n) is 9.14. The smallest absolute Gasteiger partial charge is 0.324 e. The molecule has 0 atom stereocenters. The lowest BCUT2D eigenvalue weighted by atomic mass is 10.0. The molecule has 38 heavy (non-hydrogen) atoms. The second-order valence-corrected chi connectivity index (χ2v) is 10.8. The molecular weight excluding hydrogens is 567 g/mol. The number of carbonyl (C=O) groups excluding carboxylic acids is 1. The van der Waals surface area contributed by atoms with Gasteiger partial charge in [0.2, 0.25) is 11.1 Å². The van der Waals surface area contributed by atoms with E-state index in [0.717, 1.165) is 41.4 Å². The molecule has 4 rings (SSSR count). The van der Waals surface area contributed by atoms with Gasteiger partial charge in [0.25, 0.3) is 0 Å². The zero-order valence-electron chi connectivity index (χ0n) is 20.0. The quantitative estimate of drug-likeness (QED) is 0.214. The Morgan fingerprint density at radius 3 is 2.58 bits per heavy atom. The summed E-state index contributed by atoms with van der Waals surface area (Å²) in [4.78, 5) is 12.6. The predicted molar refractivity (Wildman–Crippen MR) is 137 cm³/mol. The van der Waals surface area contributed by atoms with Crippen LogP contribution in [0.1, 0.15) is 49.3 Å². The number of rotatable bonds is 6. The Hall–Kier alpha value is -2.85. The SMILES string of the molecule is CC(C)(N)C#Cc1ccc(NC(=O)CSc2nnnn2-c2cc(C(F)(F)F)cc(C3CC3)c2Cl)c(Cl)c1F. The van der Waals surface area contributed by atoms with Gasteiger partial charge < -0.3 is 11.1 Å². The van der Waals surface area contributed by atoms with Gasteiger partial charge in [-0.25, -0.2) is 4.39 Å². The first-order valence-electron chi connectivity index (χ1n) is 11.2. The number of anilines is 1. The lowest BCUT2D eigenvalue weighted by Gasteiger charge is -2.15. The molecule has 1 fully saturated rings. The van der Waals surface area contributed by atoms with Crippen molar-refractivity contribution in [2.45, 2.75) is 49.5 Å². The third-order valence-electron chi connectivity index (χ3n) is 5.30. The van der Waals surface area contributed by atoms with Crippen molar-refractivity contribution in [3.8, 4) is 17.5 Å². The Bertz CT molecular complexity index is 1460. The third-order valence-corrected chi connectivity index (χ3v) is 7.00. The number of nitrogens with two attached hydrogens (primary N) is 1. The highest BCUT2D eigenvalue weighted by atomic mass is 35.5. The molecule has 3 aromatic rings. The number of alkyl halides is 3. The molecule has 0 saturated heterocycles. The van der Waals surface area contributed by atoms with Crippen molar-refractivity contribution in [3.63, 3.8) is 0 Å². The van der Waals surface area contributed by atoms with E-state index in [9.17, 15) is 22.4 Å². The van der Waals surface area contributed by atoms with Crippen molar-refractivity contribution in [1.29, 1.82) is 0 Å². The highest BCUT2D eigenvalue weighted by Gasteiger charge is 2.36. The Kier molecular flexibility index (Phi) is 7.95. The van der Waals surface area contributed by atoms with Crippen LogP contribution in [0.4, 0.5) is 23.2 Å². The maximum Gasteiger partial charge on any atom is 0.416 e. The van der Waals surface area contributed by atoms with E-state index < -0.39 is 29.0 Å². The van der Waals surface area contributed by atoms with Gasteiger partial charge >= 0.3 is 6.18 Å². The fraction of sp³-hybridized carbons (Fsp3) is 0.333. The topological polar surface area (TPSA) is 98.7 Å². The molecule has 1 aliphatic carbocycles. The Morgan fingerprint density at radius 2 is 1.95 bits per heavy atom. The van der Waals surface area contributed by atoms with Crippen LogP contribution in [-0.4, -0.2) is 37.4 Å². The van der Waals surface area contributed by atoms with Gasteiger partial charge in [0.1, 0.15) is 5.02 Å². The minimum Gasteiger partial charge on any atom is -0.324 e. The van der Waals surface area contributed by atoms with Crippen LogP contribution in [0.3, 0.4) is 0 Å². The molecule has 1 aliphatic rings. The van der Waals surface area contributed by atoms with Crippen LogP contribution in [0.2, 0.25) is 10.0 Å². The van der Waals surface area contributed by atoms with Gasteiger partial charge in [-0.15, -0.1) is 5.10 Å². The first-order valence-corrected chi connectivity index (χ1v) is 12.9. The maximum atomic E-state index is 14.6. The van der Waals surface area contributed by atoms with Crippen molar-refractivity contribution >= 4 is 46.6 Å². The summed E-state index contributed by atoms with van der Waals surface area (Å²) in [6.45, 7) is 3.32. The molecule has 1 aromatic heterocycles. The van der Waals surface area contributed by atoms with Crippen LogP contribution >= 0.6 is 35.0 Å². The van der Waals surface area contributed by atoms with Crippen molar-refractivity contribution in [3.05, 3.63) is 56.8 Å². The average Bonchev–Trinajstić information content (AvgIpc) is 3.56. The normalized spacial score (nSPS) is 13.7. The molecule has 0 unspecified atom stereocenters. The van der Waals surface area contributed by atoms with Crippen molar-refractivity contribution in [2.75, 3.05) is 11.1 Å². The van der Waals surface area contributed by atoms with Crippen molar-refractivity contribution in [1.82, 2.24) is 20.2 Å². The van der Waals surface area contributed by atoms with Crippen LogP contribution < -0.4 is 11.1 Å². The molecule has 1 heterocycles. The van der Waals surface area contributed by atoms with Crippen LogP contribution in [0.5, 0.6) is 0 Å². The summed E-state index contributed by atoms with van der Waals surface area (Å²) in [6.07, 6.45) is -3.13. The number of thioether (sulfide) groups is 1.